The van der Waals surface area contributed by atoms with Gasteiger partial charge in [-0.25, -0.2) is 4.79 Å². The molecule has 0 radical (unpaired) electrons. The first-order valence-electron chi connectivity index (χ1n) is 7.06. The topological polar surface area (TPSA) is 78.8 Å². The molecule has 3 N–H and O–H groups in total. The number of nitrogens with one attached hydrogen (secondary N) is 1. The van der Waals surface area contributed by atoms with Crippen molar-refractivity contribution in [2.75, 3.05) is 6.61 Å². The van der Waals surface area contributed by atoms with E-state index in [4.69, 9.17) is 9.84 Å². The molecule has 1 aliphatic rings. The summed E-state index contributed by atoms with van der Waals surface area (Å²) in [5.74, 6) is 0. The second-order valence-corrected chi connectivity index (χ2v) is 5.01. The highest BCUT2D eigenvalue weighted by Gasteiger charge is 2.19. The normalized spacial score (nSPS) is 24.7. The molecule has 0 saturated carbocycles. The van der Waals surface area contributed by atoms with Gasteiger partial charge in [-0.2, -0.15) is 0 Å². The third-order valence-electron chi connectivity index (χ3n) is 3.29. The average molecular weight is 271 g/mol. The van der Waals surface area contributed by atoms with Gasteiger partial charge in [-0.05, 0) is 45.1 Å². The minimum absolute atomic E-state index is 0.0841. The van der Waals surface area contributed by atoms with Gasteiger partial charge in [-0.1, -0.05) is 12.5 Å². The molecule has 110 valence electrons. The number of hydrogen-bond donors (Lipinski definition) is 3. The van der Waals surface area contributed by atoms with Gasteiger partial charge in [-0.3, -0.25) is 0 Å². The van der Waals surface area contributed by atoms with E-state index in [2.05, 4.69) is 11.4 Å². The third-order valence-corrected chi connectivity index (χ3v) is 3.29. The smallest absolute Gasteiger partial charge is 0.408 e. The van der Waals surface area contributed by atoms with E-state index in [1.54, 1.807) is 6.92 Å². The summed E-state index contributed by atoms with van der Waals surface area (Å²) in [5.41, 5.74) is 0. The lowest BCUT2D eigenvalue weighted by Crippen LogP contribution is -2.43. The first-order valence-corrected chi connectivity index (χ1v) is 7.06. The van der Waals surface area contributed by atoms with E-state index in [0.717, 1.165) is 25.7 Å². The fourth-order valence-electron chi connectivity index (χ4n) is 2.12. The summed E-state index contributed by atoms with van der Waals surface area (Å²) in [6.07, 6.45) is 8.13. The van der Waals surface area contributed by atoms with Crippen LogP contribution in [0.3, 0.4) is 0 Å². The average Bonchev–Trinajstić information content (AvgIpc) is 2.31. The molecule has 5 nitrogen and oxygen atoms in total. The van der Waals surface area contributed by atoms with Crippen LogP contribution < -0.4 is 5.32 Å². The van der Waals surface area contributed by atoms with E-state index in [9.17, 15) is 9.90 Å². The van der Waals surface area contributed by atoms with Gasteiger partial charge in [0.1, 0.15) is 6.10 Å². The molecule has 0 aliphatic heterocycles. The third kappa shape index (κ3) is 6.59. The predicted molar refractivity (Wildman–Crippen MR) is 72.8 cm³/mol. The lowest BCUT2D eigenvalue weighted by molar-refractivity contribution is 0.0867. The SMILES string of the molecule is CC(O)C(CCO)NC(=O)OC1/C=C/CCCCC1. The maximum absolute atomic E-state index is 11.7. The van der Waals surface area contributed by atoms with Crippen LogP contribution in [0.4, 0.5) is 4.79 Å². The summed E-state index contributed by atoms with van der Waals surface area (Å²) in [5, 5.41) is 21.0. The van der Waals surface area contributed by atoms with E-state index in [1.165, 1.54) is 6.42 Å². The van der Waals surface area contributed by atoms with Crippen LogP contribution in [-0.4, -0.2) is 41.2 Å². The van der Waals surface area contributed by atoms with Crippen molar-refractivity contribution in [1.29, 1.82) is 0 Å². The Labute approximate surface area is 114 Å². The number of alkyl carbamates (subject to hydrolysis) is 1. The maximum atomic E-state index is 11.7. The van der Waals surface area contributed by atoms with Crippen LogP contribution >= 0.6 is 0 Å². The van der Waals surface area contributed by atoms with Gasteiger partial charge in [0.05, 0.1) is 12.1 Å². The molecule has 1 rings (SSSR count). The largest absolute Gasteiger partial charge is 0.442 e. The molecule has 0 aromatic rings. The number of carbonyl (C=O) groups is 1. The number of hydrogen-bond acceptors (Lipinski definition) is 4. The highest BCUT2D eigenvalue weighted by Crippen LogP contribution is 2.14. The summed E-state index contributed by atoms with van der Waals surface area (Å²) in [7, 11) is 0. The molecule has 3 atom stereocenters. The van der Waals surface area contributed by atoms with Gasteiger partial charge in [0.2, 0.25) is 0 Å². The van der Waals surface area contributed by atoms with Crippen LogP contribution in [-0.2, 0) is 4.74 Å². The molecule has 1 aliphatic carbocycles. The summed E-state index contributed by atoms with van der Waals surface area (Å²) >= 11 is 0. The number of aliphatic hydroxyl groups excluding tert-OH is 2. The van der Waals surface area contributed by atoms with Crippen LogP contribution in [0.25, 0.3) is 0 Å². The fourth-order valence-corrected chi connectivity index (χ4v) is 2.12. The molecule has 0 saturated heterocycles. The molecule has 0 aromatic carbocycles. The minimum atomic E-state index is -0.715. The van der Waals surface area contributed by atoms with Crippen LogP contribution in [0.1, 0.15) is 45.4 Å². The van der Waals surface area contributed by atoms with E-state index < -0.39 is 18.2 Å². The number of allylic oxidation sites excluding steroid dienone is 1. The van der Waals surface area contributed by atoms with Crippen molar-refractivity contribution in [3.8, 4) is 0 Å². The molecular formula is C14H25NO4. The Hall–Kier alpha value is -1.07. The van der Waals surface area contributed by atoms with E-state index >= 15 is 0 Å². The molecule has 0 bridgehead atoms. The zero-order valence-corrected chi connectivity index (χ0v) is 11.5. The van der Waals surface area contributed by atoms with Crippen molar-refractivity contribution in [3.63, 3.8) is 0 Å². The second kappa shape index (κ2) is 8.93. The van der Waals surface area contributed by atoms with Gasteiger partial charge in [0.15, 0.2) is 0 Å². The number of amides is 1. The first-order chi connectivity index (χ1) is 9.13. The number of aliphatic hydroxyl groups is 2. The number of ether oxygens (including phenoxy) is 1. The molecule has 5 heteroatoms. The Balaban J connectivity index is 2.41. The number of carbonyl (C=O) groups excluding carboxylic acids is 1. The van der Waals surface area contributed by atoms with Crippen molar-refractivity contribution in [2.24, 2.45) is 0 Å². The molecule has 0 heterocycles. The van der Waals surface area contributed by atoms with Gasteiger partial charge in [0, 0.05) is 6.61 Å². The lowest BCUT2D eigenvalue weighted by Gasteiger charge is -2.22. The molecule has 0 fully saturated rings. The second-order valence-electron chi connectivity index (χ2n) is 5.01. The fraction of sp³-hybridized carbons (Fsp3) is 0.786. The molecule has 3 unspecified atom stereocenters. The van der Waals surface area contributed by atoms with E-state index in [-0.39, 0.29) is 12.7 Å². The van der Waals surface area contributed by atoms with Crippen LogP contribution in [0.15, 0.2) is 12.2 Å². The van der Waals surface area contributed by atoms with Gasteiger partial charge >= 0.3 is 6.09 Å². The Morgan fingerprint density at radius 2 is 2.26 bits per heavy atom. The Morgan fingerprint density at radius 3 is 2.95 bits per heavy atom. The minimum Gasteiger partial charge on any atom is -0.442 e. The summed E-state index contributed by atoms with van der Waals surface area (Å²) in [6, 6.07) is -0.477. The number of rotatable bonds is 5. The predicted octanol–water partition coefficient (Wildman–Crippen LogP) is 1.73. The van der Waals surface area contributed by atoms with E-state index in [0.29, 0.717) is 6.42 Å². The summed E-state index contributed by atoms with van der Waals surface area (Å²) < 4.78 is 5.32. The molecule has 19 heavy (non-hydrogen) atoms. The monoisotopic (exact) mass is 271 g/mol. The summed E-state index contributed by atoms with van der Waals surface area (Å²) in [6.45, 7) is 1.50. The van der Waals surface area contributed by atoms with Gasteiger partial charge in [0.25, 0.3) is 0 Å². The highest BCUT2D eigenvalue weighted by molar-refractivity contribution is 5.68. The molecule has 0 spiro atoms. The molecule has 1 amide bonds. The Bertz CT molecular complexity index is 291. The van der Waals surface area contributed by atoms with Crippen LogP contribution in [0.2, 0.25) is 0 Å². The van der Waals surface area contributed by atoms with Crippen molar-refractivity contribution < 1.29 is 19.7 Å². The Kier molecular flexibility index (Phi) is 7.52. The molecular weight excluding hydrogens is 246 g/mol. The van der Waals surface area contributed by atoms with Crippen molar-refractivity contribution in [1.82, 2.24) is 5.32 Å². The highest BCUT2D eigenvalue weighted by atomic mass is 16.6. The first kappa shape index (κ1) is 16.0. The van der Waals surface area contributed by atoms with Crippen molar-refractivity contribution in [2.45, 2.75) is 63.7 Å². The van der Waals surface area contributed by atoms with Crippen molar-refractivity contribution in [3.05, 3.63) is 12.2 Å². The summed E-state index contributed by atoms with van der Waals surface area (Å²) in [4.78, 5) is 11.7. The lowest BCUT2D eigenvalue weighted by atomic mass is 10.0. The zero-order chi connectivity index (χ0) is 14.1. The standard InChI is InChI=1S/C14H25NO4/c1-11(17)13(9-10-16)15-14(18)19-12-7-5-3-2-4-6-8-12/h5,7,11-13,16-17H,2-4,6,8-10H2,1H3,(H,15,18)/b7-5+. The quantitative estimate of drug-likeness (QED) is 0.665. The van der Waals surface area contributed by atoms with Crippen LogP contribution in [0, 0.1) is 0 Å². The van der Waals surface area contributed by atoms with Gasteiger partial charge in [-0.15, -0.1) is 0 Å². The van der Waals surface area contributed by atoms with Crippen LogP contribution in [0.5, 0.6) is 0 Å². The zero-order valence-electron chi connectivity index (χ0n) is 11.5. The maximum Gasteiger partial charge on any atom is 0.408 e. The van der Waals surface area contributed by atoms with E-state index in [1.807, 2.05) is 6.08 Å². The van der Waals surface area contributed by atoms with Gasteiger partial charge < -0.3 is 20.3 Å². The molecule has 0 aromatic heterocycles. The van der Waals surface area contributed by atoms with Crippen molar-refractivity contribution >= 4 is 6.09 Å². The Morgan fingerprint density at radius 1 is 1.47 bits per heavy atom.